The second-order valence-corrected chi connectivity index (χ2v) is 3.87. The van der Waals surface area contributed by atoms with Crippen LogP contribution in [0.5, 0.6) is 5.75 Å². The van der Waals surface area contributed by atoms with Crippen LogP contribution in [0.3, 0.4) is 0 Å². The molecule has 2 rings (SSSR count). The molecule has 0 unspecified atom stereocenters. The average molecular weight is 266 g/mol. The van der Waals surface area contributed by atoms with Crippen molar-refractivity contribution in [3.05, 3.63) is 53.9 Å². The molecular formula is C13H12F2N2O2. The van der Waals surface area contributed by atoms with Crippen LogP contribution in [-0.2, 0) is 11.3 Å². The number of hydrogen-bond acceptors (Lipinski definition) is 2. The number of carbonyl (C=O) groups is 1. The lowest BCUT2D eigenvalue weighted by Gasteiger charge is -2.07. The van der Waals surface area contributed by atoms with Crippen LogP contribution in [0.2, 0.25) is 0 Å². The van der Waals surface area contributed by atoms with Gasteiger partial charge in [0.25, 0.3) is 5.91 Å². The van der Waals surface area contributed by atoms with Crippen molar-refractivity contribution < 1.29 is 18.3 Å². The number of aromatic nitrogens is 1. The van der Waals surface area contributed by atoms with E-state index >= 15 is 0 Å². The lowest BCUT2D eigenvalue weighted by atomic mass is 10.3. The normalized spacial score (nSPS) is 10.2. The highest BCUT2D eigenvalue weighted by Crippen LogP contribution is 2.14. The van der Waals surface area contributed by atoms with Crippen molar-refractivity contribution in [2.75, 3.05) is 6.61 Å². The second kappa shape index (κ2) is 5.99. The Morgan fingerprint density at radius 1 is 1.26 bits per heavy atom. The molecule has 100 valence electrons. The molecular weight excluding hydrogens is 254 g/mol. The summed E-state index contributed by atoms with van der Waals surface area (Å²) >= 11 is 0. The number of halogens is 2. The van der Waals surface area contributed by atoms with E-state index in [-0.39, 0.29) is 18.3 Å². The number of amides is 1. The summed E-state index contributed by atoms with van der Waals surface area (Å²) < 4.78 is 30.7. The zero-order valence-electron chi connectivity index (χ0n) is 9.95. The highest BCUT2D eigenvalue weighted by Gasteiger charge is 2.05. The van der Waals surface area contributed by atoms with Crippen LogP contribution in [0.4, 0.5) is 8.78 Å². The Bertz CT molecular complexity index is 536. The van der Waals surface area contributed by atoms with Gasteiger partial charge in [0, 0.05) is 30.1 Å². The first kappa shape index (κ1) is 13.1. The Balaban J connectivity index is 1.79. The molecule has 1 amide bonds. The van der Waals surface area contributed by atoms with Crippen LogP contribution in [-0.4, -0.2) is 17.5 Å². The number of benzene rings is 1. The van der Waals surface area contributed by atoms with Gasteiger partial charge in [0.1, 0.15) is 17.4 Å². The number of aromatic amines is 1. The first-order chi connectivity index (χ1) is 9.13. The molecule has 0 aliphatic carbocycles. The number of rotatable bonds is 5. The fourth-order valence-corrected chi connectivity index (χ4v) is 1.48. The molecule has 0 radical (unpaired) electrons. The summed E-state index contributed by atoms with van der Waals surface area (Å²) in [6, 6.07) is 6.40. The van der Waals surface area contributed by atoms with E-state index in [0.717, 1.165) is 23.9 Å². The van der Waals surface area contributed by atoms with E-state index < -0.39 is 11.6 Å². The van der Waals surface area contributed by atoms with Crippen LogP contribution in [0.15, 0.2) is 36.5 Å². The predicted octanol–water partition coefficient (Wildman–Crippen LogP) is 1.99. The first-order valence-electron chi connectivity index (χ1n) is 5.61. The van der Waals surface area contributed by atoms with E-state index in [9.17, 15) is 13.6 Å². The van der Waals surface area contributed by atoms with Gasteiger partial charge in [0.2, 0.25) is 0 Å². The third-order valence-corrected chi connectivity index (χ3v) is 2.34. The molecule has 0 atom stereocenters. The minimum Gasteiger partial charge on any atom is -0.484 e. The maximum Gasteiger partial charge on any atom is 0.258 e. The van der Waals surface area contributed by atoms with Crippen LogP contribution in [0.25, 0.3) is 0 Å². The molecule has 0 spiro atoms. The fourth-order valence-electron chi connectivity index (χ4n) is 1.48. The van der Waals surface area contributed by atoms with Crippen molar-refractivity contribution in [2.45, 2.75) is 6.54 Å². The molecule has 2 N–H and O–H groups in total. The van der Waals surface area contributed by atoms with E-state index in [4.69, 9.17) is 4.74 Å². The smallest absolute Gasteiger partial charge is 0.258 e. The van der Waals surface area contributed by atoms with Crippen LogP contribution in [0.1, 0.15) is 5.69 Å². The minimum absolute atomic E-state index is 0.0208. The molecule has 0 bridgehead atoms. The number of ether oxygens (including phenoxy) is 1. The molecule has 0 aliphatic heterocycles. The molecule has 19 heavy (non-hydrogen) atoms. The highest BCUT2D eigenvalue weighted by molar-refractivity contribution is 5.77. The van der Waals surface area contributed by atoms with E-state index in [0.29, 0.717) is 6.54 Å². The quantitative estimate of drug-likeness (QED) is 0.869. The van der Waals surface area contributed by atoms with Crippen molar-refractivity contribution in [1.82, 2.24) is 10.3 Å². The van der Waals surface area contributed by atoms with Crippen molar-refractivity contribution >= 4 is 5.91 Å². The maximum absolute atomic E-state index is 12.9. The molecule has 0 aliphatic rings. The standard InChI is InChI=1S/C13H12F2N2O2/c14-9-4-10(15)6-12(5-9)19-8-13(18)17-7-11-2-1-3-16-11/h1-6,16H,7-8H2,(H,17,18). The van der Waals surface area contributed by atoms with E-state index in [1.165, 1.54) is 0 Å². The van der Waals surface area contributed by atoms with Crippen molar-refractivity contribution in [1.29, 1.82) is 0 Å². The summed E-state index contributed by atoms with van der Waals surface area (Å²) in [5, 5.41) is 2.60. The van der Waals surface area contributed by atoms with Crippen LogP contribution >= 0.6 is 0 Å². The maximum atomic E-state index is 12.9. The Kier molecular flexibility index (Phi) is 4.12. The molecule has 0 saturated heterocycles. The third kappa shape index (κ3) is 4.09. The van der Waals surface area contributed by atoms with Crippen LogP contribution < -0.4 is 10.1 Å². The van der Waals surface area contributed by atoms with Crippen molar-refractivity contribution in [3.63, 3.8) is 0 Å². The van der Waals surface area contributed by atoms with Gasteiger partial charge in [-0.3, -0.25) is 4.79 Å². The number of nitrogens with one attached hydrogen (secondary N) is 2. The summed E-state index contributed by atoms with van der Waals surface area (Å²) in [6.07, 6.45) is 1.74. The molecule has 0 saturated carbocycles. The van der Waals surface area contributed by atoms with Gasteiger partial charge in [-0.2, -0.15) is 0 Å². The van der Waals surface area contributed by atoms with Gasteiger partial charge in [0.15, 0.2) is 6.61 Å². The van der Waals surface area contributed by atoms with Gasteiger partial charge >= 0.3 is 0 Å². The summed E-state index contributed by atoms with van der Waals surface area (Å²) in [4.78, 5) is 14.4. The minimum atomic E-state index is -0.748. The number of H-pyrrole nitrogens is 1. The zero-order valence-corrected chi connectivity index (χ0v) is 9.95. The second-order valence-electron chi connectivity index (χ2n) is 3.87. The molecule has 1 heterocycles. The monoisotopic (exact) mass is 266 g/mol. The summed E-state index contributed by atoms with van der Waals surface area (Å²) in [5.74, 6) is -1.89. The number of carbonyl (C=O) groups excluding carboxylic acids is 1. The largest absolute Gasteiger partial charge is 0.484 e. The molecule has 4 nitrogen and oxygen atoms in total. The molecule has 0 fully saturated rings. The van der Waals surface area contributed by atoms with Gasteiger partial charge < -0.3 is 15.0 Å². The molecule has 1 aromatic carbocycles. The van der Waals surface area contributed by atoms with Gasteiger partial charge in [-0.05, 0) is 12.1 Å². The topological polar surface area (TPSA) is 54.1 Å². The first-order valence-corrected chi connectivity index (χ1v) is 5.61. The Hall–Kier alpha value is -2.37. The van der Waals surface area contributed by atoms with Gasteiger partial charge in [-0.25, -0.2) is 8.78 Å². The Morgan fingerprint density at radius 2 is 2.00 bits per heavy atom. The van der Waals surface area contributed by atoms with Gasteiger partial charge in [-0.15, -0.1) is 0 Å². The average Bonchev–Trinajstić information content (AvgIpc) is 2.86. The highest BCUT2D eigenvalue weighted by atomic mass is 19.1. The van der Waals surface area contributed by atoms with Gasteiger partial charge in [-0.1, -0.05) is 0 Å². The predicted molar refractivity (Wildman–Crippen MR) is 64.5 cm³/mol. The Labute approximate surface area is 108 Å². The third-order valence-electron chi connectivity index (χ3n) is 2.34. The fraction of sp³-hybridized carbons (Fsp3) is 0.154. The van der Waals surface area contributed by atoms with E-state index in [1.54, 1.807) is 6.20 Å². The summed E-state index contributed by atoms with van der Waals surface area (Å²) in [7, 11) is 0. The van der Waals surface area contributed by atoms with Gasteiger partial charge in [0.05, 0.1) is 6.54 Å². The number of hydrogen-bond donors (Lipinski definition) is 2. The van der Waals surface area contributed by atoms with E-state index in [1.807, 2.05) is 12.1 Å². The lowest BCUT2D eigenvalue weighted by molar-refractivity contribution is -0.123. The lowest BCUT2D eigenvalue weighted by Crippen LogP contribution is -2.28. The molecule has 2 aromatic rings. The van der Waals surface area contributed by atoms with Crippen molar-refractivity contribution in [3.8, 4) is 5.75 Å². The van der Waals surface area contributed by atoms with Crippen molar-refractivity contribution in [2.24, 2.45) is 0 Å². The van der Waals surface area contributed by atoms with E-state index in [2.05, 4.69) is 10.3 Å². The molecule has 6 heteroatoms. The SMILES string of the molecule is O=C(COc1cc(F)cc(F)c1)NCc1ccc[nH]1. The Morgan fingerprint density at radius 3 is 2.63 bits per heavy atom. The summed E-state index contributed by atoms with van der Waals surface area (Å²) in [6.45, 7) is 0.0380. The summed E-state index contributed by atoms with van der Waals surface area (Å²) in [5.41, 5.74) is 0.852. The zero-order chi connectivity index (χ0) is 13.7. The van der Waals surface area contributed by atoms with Crippen LogP contribution in [0, 0.1) is 11.6 Å². The molecule has 1 aromatic heterocycles.